The van der Waals surface area contributed by atoms with E-state index < -0.39 is 0 Å². The molecule has 0 fully saturated rings. The number of halogens is 1. The molecule has 1 aromatic heterocycles. The Balaban J connectivity index is 1.99. The maximum absolute atomic E-state index is 12.9. The highest BCUT2D eigenvalue weighted by atomic mass is 19.1. The molecule has 0 spiro atoms. The van der Waals surface area contributed by atoms with E-state index in [1.54, 1.807) is 12.1 Å². The first kappa shape index (κ1) is 12.6. The Morgan fingerprint density at radius 1 is 1.05 bits per heavy atom. The number of fused-ring (bicyclic) bond motifs is 1. The van der Waals surface area contributed by atoms with E-state index in [9.17, 15) is 4.39 Å². The van der Waals surface area contributed by atoms with E-state index in [0.29, 0.717) is 0 Å². The Kier molecular flexibility index (Phi) is 3.33. The number of benzene rings is 2. The Morgan fingerprint density at radius 3 is 2.55 bits per heavy atom. The number of aryl methyl sites for hydroxylation is 1. The summed E-state index contributed by atoms with van der Waals surface area (Å²) >= 11 is 0. The summed E-state index contributed by atoms with van der Waals surface area (Å²) in [5.74, 6) is 0.695. The molecule has 0 aliphatic rings. The van der Waals surface area contributed by atoms with E-state index in [2.05, 4.69) is 22.5 Å². The van der Waals surface area contributed by atoms with E-state index >= 15 is 0 Å². The molecule has 0 saturated heterocycles. The highest BCUT2D eigenvalue weighted by Crippen LogP contribution is 2.17. The lowest BCUT2D eigenvalue weighted by Crippen LogP contribution is -1.96. The molecule has 3 rings (SSSR count). The molecule has 0 saturated carbocycles. The molecular weight excluding hydrogens is 251 g/mol. The summed E-state index contributed by atoms with van der Waals surface area (Å²) in [5, 5.41) is 0. The lowest BCUT2D eigenvalue weighted by molar-refractivity contribution is 0.628. The average Bonchev–Trinajstić information content (AvgIpc) is 2.84. The van der Waals surface area contributed by atoms with Crippen LogP contribution in [0.4, 0.5) is 4.39 Å². The van der Waals surface area contributed by atoms with Crippen LogP contribution >= 0.6 is 0 Å². The van der Waals surface area contributed by atoms with Crippen molar-refractivity contribution in [2.24, 2.45) is 0 Å². The molecule has 0 radical (unpaired) electrons. The summed E-state index contributed by atoms with van der Waals surface area (Å²) in [6, 6.07) is 14.5. The lowest BCUT2D eigenvalue weighted by Gasteiger charge is -2.01. The van der Waals surface area contributed by atoms with Crippen molar-refractivity contribution in [1.29, 1.82) is 0 Å². The molecule has 0 unspecified atom stereocenters. The summed E-state index contributed by atoms with van der Waals surface area (Å²) < 4.78 is 15.0. The summed E-state index contributed by atoms with van der Waals surface area (Å²) in [7, 11) is 0. The Bertz CT molecular complexity index is 754. The summed E-state index contributed by atoms with van der Waals surface area (Å²) in [6.07, 6.45) is 3.92. The predicted molar refractivity (Wildman–Crippen MR) is 80.7 cm³/mol. The van der Waals surface area contributed by atoms with Gasteiger partial charge in [0.15, 0.2) is 0 Å². The number of nitrogens with zero attached hydrogens (tertiary/aromatic N) is 2. The second-order valence-electron chi connectivity index (χ2n) is 4.59. The number of imidazole rings is 1. The van der Waals surface area contributed by atoms with Crippen LogP contribution < -0.4 is 0 Å². The topological polar surface area (TPSA) is 17.8 Å². The number of aromatic nitrogens is 2. The second kappa shape index (κ2) is 5.29. The fourth-order valence-electron chi connectivity index (χ4n) is 2.30. The van der Waals surface area contributed by atoms with Gasteiger partial charge in [-0.15, -0.1) is 0 Å². The van der Waals surface area contributed by atoms with Crippen molar-refractivity contribution in [2.45, 2.75) is 13.5 Å². The quantitative estimate of drug-likeness (QED) is 0.688. The van der Waals surface area contributed by atoms with Crippen LogP contribution in [-0.2, 0) is 6.54 Å². The van der Waals surface area contributed by atoms with Gasteiger partial charge in [0.05, 0.1) is 11.0 Å². The van der Waals surface area contributed by atoms with Gasteiger partial charge in [0.25, 0.3) is 0 Å². The highest BCUT2D eigenvalue weighted by molar-refractivity contribution is 5.79. The molecule has 20 heavy (non-hydrogen) atoms. The largest absolute Gasteiger partial charge is 0.325 e. The van der Waals surface area contributed by atoms with Gasteiger partial charge in [0, 0.05) is 6.54 Å². The standard InChI is InChI=1S/C17H15FN2/c1-2-20-16-6-4-3-5-15(16)19-17(20)12-9-13-7-10-14(18)11-8-13/h3-12H,2H2,1H3/b12-9+. The molecule has 2 nitrogen and oxygen atoms in total. The Labute approximate surface area is 117 Å². The van der Waals surface area contributed by atoms with Crippen molar-refractivity contribution >= 4 is 23.2 Å². The fraction of sp³-hybridized carbons (Fsp3) is 0.118. The van der Waals surface area contributed by atoms with Crippen molar-refractivity contribution in [2.75, 3.05) is 0 Å². The molecule has 100 valence electrons. The molecule has 1 heterocycles. The first-order chi connectivity index (χ1) is 9.78. The van der Waals surface area contributed by atoms with Gasteiger partial charge in [-0.05, 0) is 42.8 Å². The minimum atomic E-state index is -0.219. The third kappa shape index (κ3) is 2.35. The van der Waals surface area contributed by atoms with Crippen molar-refractivity contribution < 1.29 is 4.39 Å². The molecule has 2 aromatic carbocycles. The fourth-order valence-corrected chi connectivity index (χ4v) is 2.30. The number of rotatable bonds is 3. The van der Waals surface area contributed by atoms with E-state index in [4.69, 9.17) is 0 Å². The Morgan fingerprint density at radius 2 is 1.80 bits per heavy atom. The molecular formula is C17H15FN2. The molecule has 0 atom stereocenters. The van der Waals surface area contributed by atoms with E-state index in [-0.39, 0.29) is 5.82 Å². The van der Waals surface area contributed by atoms with Crippen molar-refractivity contribution in [3.63, 3.8) is 0 Å². The van der Waals surface area contributed by atoms with Crippen LogP contribution in [0.1, 0.15) is 18.3 Å². The number of para-hydroxylation sites is 2. The number of hydrogen-bond donors (Lipinski definition) is 0. The average molecular weight is 266 g/mol. The molecule has 0 aliphatic heterocycles. The summed E-state index contributed by atoms with van der Waals surface area (Å²) in [6.45, 7) is 2.97. The van der Waals surface area contributed by atoms with Crippen LogP contribution in [-0.4, -0.2) is 9.55 Å². The molecule has 0 N–H and O–H groups in total. The van der Waals surface area contributed by atoms with Crippen LogP contribution in [0.3, 0.4) is 0 Å². The van der Waals surface area contributed by atoms with Crippen LogP contribution in [0.2, 0.25) is 0 Å². The Hall–Kier alpha value is -2.42. The molecule has 0 bridgehead atoms. The molecule has 0 amide bonds. The smallest absolute Gasteiger partial charge is 0.133 e. The van der Waals surface area contributed by atoms with Gasteiger partial charge in [-0.3, -0.25) is 0 Å². The highest BCUT2D eigenvalue weighted by Gasteiger charge is 2.05. The zero-order valence-electron chi connectivity index (χ0n) is 11.3. The van der Waals surface area contributed by atoms with E-state index in [1.807, 2.05) is 30.4 Å². The van der Waals surface area contributed by atoms with E-state index in [1.165, 1.54) is 12.1 Å². The summed E-state index contributed by atoms with van der Waals surface area (Å²) in [4.78, 5) is 4.62. The predicted octanol–water partition coefficient (Wildman–Crippen LogP) is 4.37. The van der Waals surface area contributed by atoms with Crippen LogP contribution in [0, 0.1) is 5.82 Å². The minimum absolute atomic E-state index is 0.219. The van der Waals surface area contributed by atoms with Crippen LogP contribution in [0.25, 0.3) is 23.2 Å². The monoisotopic (exact) mass is 266 g/mol. The maximum atomic E-state index is 12.9. The SMILES string of the molecule is CCn1c(/C=C/c2ccc(F)cc2)nc2ccccc21. The van der Waals surface area contributed by atoms with Crippen molar-refractivity contribution in [3.05, 3.63) is 65.7 Å². The first-order valence-electron chi connectivity index (χ1n) is 6.67. The van der Waals surface area contributed by atoms with Gasteiger partial charge in [-0.2, -0.15) is 0 Å². The first-order valence-corrected chi connectivity index (χ1v) is 6.67. The normalized spacial score (nSPS) is 11.5. The zero-order chi connectivity index (χ0) is 13.9. The van der Waals surface area contributed by atoms with Gasteiger partial charge in [-0.1, -0.05) is 30.3 Å². The van der Waals surface area contributed by atoms with Gasteiger partial charge in [0.2, 0.25) is 0 Å². The molecule has 0 aliphatic carbocycles. The maximum Gasteiger partial charge on any atom is 0.133 e. The van der Waals surface area contributed by atoms with Gasteiger partial charge < -0.3 is 4.57 Å². The molecule has 3 aromatic rings. The van der Waals surface area contributed by atoms with E-state index in [0.717, 1.165) is 29.0 Å². The van der Waals surface area contributed by atoms with Gasteiger partial charge >= 0.3 is 0 Å². The second-order valence-corrected chi connectivity index (χ2v) is 4.59. The minimum Gasteiger partial charge on any atom is -0.325 e. The molecule has 3 heteroatoms. The van der Waals surface area contributed by atoms with Crippen molar-refractivity contribution in [3.8, 4) is 0 Å². The third-order valence-corrected chi connectivity index (χ3v) is 3.30. The third-order valence-electron chi connectivity index (χ3n) is 3.30. The summed E-state index contributed by atoms with van der Waals surface area (Å²) in [5.41, 5.74) is 3.09. The zero-order valence-corrected chi connectivity index (χ0v) is 11.3. The van der Waals surface area contributed by atoms with Crippen LogP contribution in [0.5, 0.6) is 0 Å². The van der Waals surface area contributed by atoms with Crippen LogP contribution in [0.15, 0.2) is 48.5 Å². The van der Waals surface area contributed by atoms with Gasteiger partial charge in [0.1, 0.15) is 11.6 Å². The number of hydrogen-bond acceptors (Lipinski definition) is 1. The lowest BCUT2D eigenvalue weighted by atomic mass is 10.2. The van der Waals surface area contributed by atoms with Gasteiger partial charge in [-0.25, -0.2) is 9.37 Å². The van der Waals surface area contributed by atoms with Crippen molar-refractivity contribution in [1.82, 2.24) is 9.55 Å².